The highest BCUT2D eigenvalue weighted by atomic mass is 16.3. The van der Waals surface area contributed by atoms with Crippen LogP contribution in [0.2, 0.25) is 0 Å². The van der Waals surface area contributed by atoms with Gasteiger partial charge in [-0.1, -0.05) is 13.8 Å². The Balaban J connectivity index is 1.63. The van der Waals surface area contributed by atoms with Crippen molar-refractivity contribution in [2.24, 2.45) is 17.8 Å². The summed E-state index contributed by atoms with van der Waals surface area (Å²) in [4.78, 5) is 2.42. The topological polar surface area (TPSA) is 54.2 Å². The van der Waals surface area contributed by atoms with Crippen molar-refractivity contribution in [2.45, 2.75) is 45.9 Å². The Morgan fingerprint density at radius 2 is 2.16 bits per heavy atom. The molecular formula is C14H24N4O. The molecule has 0 saturated heterocycles. The SMILES string of the molecule is CC1CC(C)C(CN2CCn3cnnc3C2)C(O)C1. The summed E-state index contributed by atoms with van der Waals surface area (Å²) in [5, 5.41) is 18.5. The van der Waals surface area contributed by atoms with Gasteiger partial charge in [0.25, 0.3) is 0 Å². The Hall–Kier alpha value is -0.940. The third-order valence-corrected chi connectivity index (χ3v) is 4.83. The highest BCUT2D eigenvalue weighted by Gasteiger charge is 2.34. The van der Waals surface area contributed by atoms with Gasteiger partial charge in [-0.15, -0.1) is 10.2 Å². The van der Waals surface area contributed by atoms with Gasteiger partial charge in [0.1, 0.15) is 12.2 Å². The van der Waals surface area contributed by atoms with Crippen LogP contribution < -0.4 is 0 Å². The van der Waals surface area contributed by atoms with E-state index in [1.807, 2.05) is 6.33 Å². The van der Waals surface area contributed by atoms with Gasteiger partial charge in [-0.05, 0) is 24.7 Å². The van der Waals surface area contributed by atoms with E-state index in [0.29, 0.717) is 17.8 Å². The fraction of sp³-hybridized carbons (Fsp3) is 0.857. The molecule has 4 unspecified atom stereocenters. The second-order valence-electron chi connectivity index (χ2n) is 6.46. The largest absolute Gasteiger partial charge is 0.393 e. The summed E-state index contributed by atoms with van der Waals surface area (Å²) in [6, 6.07) is 0. The van der Waals surface area contributed by atoms with Crippen LogP contribution in [-0.4, -0.2) is 44.0 Å². The Bertz CT molecular complexity index is 421. The Kier molecular flexibility index (Phi) is 3.58. The van der Waals surface area contributed by atoms with Gasteiger partial charge in [0.15, 0.2) is 0 Å². The first kappa shape index (κ1) is 13.1. The average molecular weight is 264 g/mol. The van der Waals surface area contributed by atoms with Crippen LogP contribution in [-0.2, 0) is 13.1 Å². The van der Waals surface area contributed by atoms with Crippen LogP contribution in [0.5, 0.6) is 0 Å². The molecule has 1 aromatic heterocycles. The zero-order valence-electron chi connectivity index (χ0n) is 11.9. The van der Waals surface area contributed by atoms with Gasteiger partial charge in [-0.3, -0.25) is 4.90 Å². The molecule has 2 heterocycles. The standard InChI is InChI=1S/C14H24N4O/c1-10-5-11(2)12(13(19)6-10)7-17-3-4-18-9-15-16-14(18)8-17/h9-13,19H,3-8H2,1-2H3. The summed E-state index contributed by atoms with van der Waals surface area (Å²) in [5.74, 6) is 2.73. The molecule has 2 aliphatic rings. The molecule has 4 atom stereocenters. The van der Waals surface area contributed by atoms with Crippen LogP contribution in [0.4, 0.5) is 0 Å². The average Bonchev–Trinajstić information content (AvgIpc) is 2.81. The third kappa shape index (κ3) is 2.67. The minimum Gasteiger partial charge on any atom is -0.393 e. The second-order valence-corrected chi connectivity index (χ2v) is 6.46. The molecule has 1 fully saturated rings. The molecule has 0 aromatic carbocycles. The van der Waals surface area contributed by atoms with E-state index in [-0.39, 0.29) is 6.10 Å². The molecule has 1 N–H and O–H groups in total. The molecule has 5 heteroatoms. The maximum atomic E-state index is 10.3. The van der Waals surface area contributed by atoms with Crippen LogP contribution in [0.3, 0.4) is 0 Å². The Labute approximate surface area is 114 Å². The van der Waals surface area contributed by atoms with Gasteiger partial charge in [0.2, 0.25) is 0 Å². The van der Waals surface area contributed by atoms with Crippen molar-refractivity contribution >= 4 is 0 Å². The first-order valence-electron chi connectivity index (χ1n) is 7.40. The van der Waals surface area contributed by atoms with E-state index in [2.05, 4.69) is 33.5 Å². The van der Waals surface area contributed by atoms with Crippen molar-refractivity contribution in [1.82, 2.24) is 19.7 Å². The first-order valence-corrected chi connectivity index (χ1v) is 7.40. The van der Waals surface area contributed by atoms with Crippen LogP contribution in [0.25, 0.3) is 0 Å². The summed E-state index contributed by atoms with van der Waals surface area (Å²) < 4.78 is 2.12. The maximum absolute atomic E-state index is 10.3. The molecular weight excluding hydrogens is 240 g/mol. The van der Waals surface area contributed by atoms with E-state index < -0.39 is 0 Å². The molecule has 1 aliphatic heterocycles. The normalized spacial score (nSPS) is 36.2. The third-order valence-electron chi connectivity index (χ3n) is 4.83. The maximum Gasteiger partial charge on any atom is 0.147 e. The molecule has 106 valence electrons. The lowest BCUT2D eigenvalue weighted by Gasteiger charge is -2.40. The lowest BCUT2D eigenvalue weighted by Crippen LogP contribution is -2.44. The van der Waals surface area contributed by atoms with Gasteiger partial charge in [0.05, 0.1) is 12.6 Å². The quantitative estimate of drug-likeness (QED) is 0.870. The van der Waals surface area contributed by atoms with E-state index in [1.54, 1.807) is 0 Å². The zero-order valence-corrected chi connectivity index (χ0v) is 11.9. The van der Waals surface area contributed by atoms with Crippen molar-refractivity contribution < 1.29 is 5.11 Å². The van der Waals surface area contributed by atoms with E-state index in [1.165, 1.54) is 6.42 Å². The van der Waals surface area contributed by atoms with Crippen molar-refractivity contribution in [3.8, 4) is 0 Å². The predicted octanol–water partition coefficient (Wildman–Crippen LogP) is 1.14. The summed E-state index contributed by atoms with van der Waals surface area (Å²) in [5.41, 5.74) is 0. The Morgan fingerprint density at radius 3 is 2.95 bits per heavy atom. The number of rotatable bonds is 2. The number of hydrogen-bond donors (Lipinski definition) is 1. The molecule has 0 radical (unpaired) electrons. The Morgan fingerprint density at radius 1 is 1.32 bits per heavy atom. The van der Waals surface area contributed by atoms with Gasteiger partial charge in [-0.2, -0.15) is 0 Å². The number of aliphatic hydroxyl groups excluding tert-OH is 1. The molecule has 3 rings (SSSR count). The smallest absolute Gasteiger partial charge is 0.147 e. The fourth-order valence-electron chi connectivity index (χ4n) is 3.74. The fourth-order valence-corrected chi connectivity index (χ4v) is 3.74. The van der Waals surface area contributed by atoms with Crippen molar-refractivity contribution in [1.29, 1.82) is 0 Å². The van der Waals surface area contributed by atoms with Crippen LogP contribution in [0, 0.1) is 17.8 Å². The van der Waals surface area contributed by atoms with Crippen LogP contribution >= 0.6 is 0 Å². The van der Waals surface area contributed by atoms with E-state index in [4.69, 9.17) is 0 Å². The van der Waals surface area contributed by atoms with Crippen LogP contribution in [0.15, 0.2) is 6.33 Å². The molecule has 0 spiro atoms. The summed E-state index contributed by atoms with van der Waals surface area (Å²) in [6.07, 6.45) is 3.87. The number of hydrogen-bond acceptors (Lipinski definition) is 4. The lowest BCUT2D eigenvalue weighted by molar-refractivity contribution is -0.00626. The number of aliphatic hydroxyl groups is 1. The zero-order chi connectivity index (χ0) is 13.4. The van der Waals surface area contributed by atoms with E-state index in [9.17, 15) is 5.11 Å². The minimum absolute atomic E-state index is 0.140. The monoisotopic (exact) mass is 264 g/mol. The lowest BCUT2D eigenvalue weighted by atomic mass is 9.73. The minimum atomic E-state index is -0.140. The van der Waals surface area contributed by atoms with Gasteiger partial charge in [-0.25, -0.2) is 0 Å². The molecule has 19 heavy (non-hydrogen) atoms. The molecule has 1 saturated carbocycles. The van der Waals surface area contributed by atoms with Crippen molar-refractivity contribution in [3.63, 3.8) is 0 Å². The van der Waals surface area contributed by atoms with Gasteiger partial charge >= 0.3 is 0 Å². The summed E-state index contributed by atoms with van der Waals surface area (Å²) in [7, 11) is 0. The molecule has 5 nitrogen and oxygen atoms in total. The molecule has 1 aliphatic carbocycles. The highest BCUT2D eigenvalue weighted by Crippen LogP contribution is 2.34. The van der Waals surface area contributed by atoms with Gasteiger partial charge in [0, 0.05) is 25.6 Å². The van der Waals surface area contributed by atoms with E-state index >= 15 is 0 Å². The number of aromatic nitrogens is 3. The van der Waals surface area contributed by atoms with Crippen LogP contribution in [0.1, 0.15) is 32.5 Å². The van der Waals surface area contributed by atoms with Crippen molar-refractivity contribution in [3.05, 3.63) is 12.2 Å². The molecule has 0 amide bonds. The molecule has 0 bridgehead atoms. The van der Waals surface area contributed by atoms with E-state index in [0.717, 1.165) is 38.4 Å². The second kappa shape index (κ2) is 5.21. The van der Waals surface area contributed by atoms with Crippen molar-refractivity contribution in [2.75, 3.05) is 13.1 Å². The summed E-state index contributed by atoms with van der Waals surface area (Å²) >= 11 is 0. The highest BCUT2D eigenvalue weighted by molar-refractivity contribution is 4.92. The first-order chi connectivity index (χ1) is 9.13. The molecule has 1 aromatic rings. The number of fused-ring (bicyclic) bond motifs is 1. The number of nitrogens with zero attached hydrogens (tertiary/aromatic N) is 4. The van der Waals surface area contributed by atoms with Gasteiger partial charge < -0.3 is 9.67 Å². The summed E-state index contributed by atoms with van der Waals surface area (Å²) in [6.45, 7) is 8.40. The predicted molar refractivity (Wildman–Crippen MR) is 72.4 cm³/mol.